The van der Waals surface area contributed by atoms with Crippen molar-refractivity contribution in [1.82, 2.24) is 0 Å². The molecule has 0 amide bonds. The second-order valence-electron chi connectivity index (χ2n) is 5.24. The number of hydrogen-bond donors (Lipinski definition) is 0. The standard InChI is InChI=1S/C13H20O4/c1-5-11(14)17-10-6-9(7-10)8-16-12(15)13(2,3)4/h6,10H,5,7-8H2,1-4H3. The molecule has 1 atom stereocenters. The van der Waals surface area contributed by atoms with Crippen molar-refractivity contribution in [2.75, 3.05) is 6.61 Å². The van der Waals surface area contributed by atoms with Crippen LogP contribution in [-0.2, 0) is 19.1 Å². The Hall–Kier alpha value is -1.32. The van der Waals surface area contributed by atoms with Crippen LogP contribution >= 0.6 is 0 Å². The first-order valence-corrected chi connectivity index (χ1v) is 5.89. The monoisotopic (exact) mass is 240 g/mol. The highest BCUT2D eigenvalue weighted by Crippen LogP contribution is 2.24. The topological polar surface area (TPSA) is 52.6 Å². The first-order chi connectivity index (χ1) is 7.82. The largest absolute Gasteiger partial charge is 0.461 e. The van der Waals surface area contributed by atoms with Gasteiger partial charge >= 0.3 is 11.9 Å². The third-order valence-corrected chi connectivity index (χ3v) is 2.46. The SMILES string of the molecule is CCC(=O)OC1C=C(COC(=O)C(C)(C)C)C1. The molecule has 1 aliphatic rings. The highest BCUT2D eigenvalue weighted by molar-refractivity contribution is 5.75. The van der Waals surface area contributed by atoms with E-state index in [2.05, 4.69) is 0 Å². The molecule has 0 radical (unpaired) electrons. The summed E-state index contributed by atoms with van der Waals surface area (Å²) >= 11 is 0. The predicted molar refractivity (Wildman–Crippen MR) is 63.3 cm³/mol. The Morgan fingerprint density at radius 2 is 2.00 bits per heavy atom. The molecule has 0 aromatic heterocycles. The number of carbonyl (C=O) groups excluding carboxylic acids is 2. The van der Waals surface area contributed by atoms with Gasteiger partial charge in [0.15, 0.2) is 0 Å². The van der Waals surface area contributed by atoms with Gasteiger partial charge in [-0.2, -0.15) is 0 Å². The van der Waals surface area contributed by atoms with E-state index in [1.165, 1.54) is 0 Å². The summed E-state index contributed by atoms with van der Waals surface area (Å²) in [4.78, 5) is 22.5. The molecule has 0 saturated heterocycles. The summed E-state index contributed by atoms with van der Waals surface area (Å²) in [6, 6.07) is 0. The van der Waals surface area contributed by atoms with Gasteiger partial charge in [-0.05, 0) is 32.4 Å². The van der Waals surface area contributed by atoms with Gasteiger partial charge in [-0.1, -0.05) is 6.92 Å². The van der Waals surface area contributed by atoms with Crippen LogP contribution in [0.25, 0.3) is 0 Å². The van der Waals surface area contributed by atoms with E-state index in [0.29, 0.717) is 19.4 Å². The van der Waals surface area contributed by atoms with Crippen LogP contribution in [0.2, 0.25) is 0 Å². The fourth-order valence-electron chi connectivity index (χ4n) is 1.30. The van der Waals surface area contributed by atoms with Crippen LogP contribution in [0.15, 0.2) is 11.6 Å². The van der Waals surface area contributed by atoms with Gasteiger partial charge in [0.25, 0.3) is 0 Å². The number of hydrogen-bond acceptors (Lipinski definition) is 4. The van der Waals surface area contributed by atoms with Crippen molar-refractivity contribution in [1.29, 1.82) is 0 Å². The van der Waals surface area contributed by atoms with E-state index in [4.69, 9.17) is 9.47 Å². The van der Waals surface area contributed by atoms with E-state index in [9.17, 15) is 9.59 Å². The Balaban J connectivity index is 2.27. The van der Waals surface area contributed by atoms with Crippen molar-refractivity contribution in [2.45, 2.75) is 46.6 Å². The second-order valence-corrected chi connectivity index (χ2v) is 5.24. The van der Waals surface area contributed by atoms with Crippen LogP contribution < -0.4 is 0 Å². The Morgan fingerprint density at radius 3 is 2.47 bits per heavy atom. The molecule has 0 bridgehead atoms. The zero-order chi connectivity index (χ0) is 13.1. The molecule has 0 aliphatic heterocycles. The van der Waals surface area contributed by atoms with Gasteiger partial charge in [-0.15, -0.1) is 0 Å². The van der Waals surface area contributed by atoms with Crippen molar-refractivity contribution in [3.8, 4) is 0 Å². The maximum absolute atomic E-state index is 11.5. The normalized spacial score (nSPS) is 19.1. The van der Waals surface area contributed by atoms with E-state index >= 15 is 0 Å². The van der Waals surface area contributed by atoms with Gasteiger partial charge in [0, 0.05) is 12.8 Å². The Bertz CT molecular complexity index is 336. The first kappa shape index (κ1) is 13.7. The minimum atomic E-state index is -0.474. The molecule has 0 aromatic rings. The van der Waals surface area contributed by atoms with Crippen molar-refractivity contribution in [3.63, 3.8) is 0 Å². The van der Waals surface area contributed by atoms with Crippen LogP contribution in [-0.4, -0.2) is 24.6 Å². The molecule has 4 nitrogen and oxygen atoms in total. The summed E-state index contributed by atoms with van der Waals surface area (Å²) in [7, 11) is 0. The predicted octanol–water partition coefficient (Wildman–Crippen LogP) is 2.23. The Kier molecular flexibility index (Phi) is 4.32. The van der Waals surface area contributed by atoms with Crippen LogP contribution in [0.4, 0.5) is 0 Å². The molecule has 0 heterocycles. The van der Waals surface area contributed by atoms with Gasteiger partial charge in [-0.3, -0.25) is 9.59 Å². The molecule has 17 heavy (non-hydrogen) atoms. The van der Waals surface area contributed by atoms with Crippen molar-refractivity contribution >= 4 is 11.9 Å². The molecule has 1 aliphatic carbocycles. The van der Waals surface area contributed by atoms with E-state index in [1.54, 1.807) is 6.92 Å². The Morgan fingerprint density at radius 1 is 1.41 bits per heavy atom. The van der Waals surface area contributed by atoms with E-state index in [-0.39, 0.29) is 18.0 Å². The van der Waals surface area contributed by atoms with E-state index in [0.717, 1.165) is 5.57 Å². The fourth-order valence-corrected chi connectivity index (χ4v) is 1.30. The molecule has 0 N–H and O–H groups in total. The van der Waals surface area contributed by atoms with Gasteiger partial charge in [0.2, 0.25) is 0 Å². The van der Waals surface area contributed by atoms with E-state index < -0.39 is 5.41 Å². The average molecular weight is 240 g/mol. The van der Waals surface area contributed by atoms with Crippen molar-refractivity contribution in [2.24, 2.45) is 5.41 Å². The zero-order valence-electron chi connectivity index (χ0n) is 10.9. The lowest BCUT2D eigenvalue weighted by molar-refractivity contribution is -0.153. The quantitative estimate of drug-likeness (QED) is 0.558. The molecule has 4 heteroatoms. The highest BCUT2D eigenvalue weighted by Gasteiger charge is 2.26. The summed E-state index contributed by atoms with van der Waals surface area (Å²) in [5.41, 5.74) is 0.537. The molecule has 96 valence electrons. The number of rotatable bonds is 4. The first-order valence-electron chi connectivity index (χ1n) is 5.89. The van der Waals surface area contributed by atoms with E-state index in [1.807, 2.05) is 26.8 Å². The minimum absolute atomic E-state index is 0.134. The molecule has 0 saturated carbocycles. The van der Waals surface area contributed by atoms with Gasteiger partial charge < -0.3 is 9.47 Å². The Labute approximate surface area is 102 Å². The molecule has 0 spiro atoms. The molecule has 0 fully saturated rings. The summed E-state index contributed by atoms with van der Waals surface area (Å²) in [5.74, 6) is -0.413. The zero-order valence-corrected chi connectivity index (χ0v) is 10.9. The van der Waals surface area contributed by atoms with Gasteiger partial charge in [-0.25, -0.2) is 0 Å². The summed E-state index contributed by atoms with van der Waals surface area (Å²) in [6.45, 7) is 7.51. The maximum Gasteiger partial charge on any atom is 0.311 e. The maximum atomic E-state index is 11.5. The number of carbonyl (C=O) groups is 2. The molecule has 0 aromatic carbocycles. The smallest absolute Gasteiger partial charge is 0.311 e. The van der Waals surface area contributed by atoms with Crippen molar-refractivity contribution in [3.05, 3.63) is 11.6 Å². The van der Waals surface area contributed by atoms with Crippen LogP contribution in [0.5, 0.6) is 0 Å². The molecular formula is C13H20O4. The van der Waals surface area contributed by atoms with Crippen molar-refractivity contribution < 1.29 is 19.1 Å². The average Bonchev–Trinajstić information content (AvgIpc) is 2.18. The lowest BCUT2D eigenvalue weighted by Gasteiger charge is -2.26. The van der Waals surface area contributed by atoms with Crippen LogP contribution in [0.3, 0.4) is 0 Å². The number of esters is 2. The molecule has 1 rings (SSSR count). The lowest BCUT2D eigenvalue weighted by atomic mass is 9.95. The third kappa shape index (κ3) is 4.21. The summed E-state index contributed by atoms with van der Waals surface area (Å²) < 4.78 is 10.2. The third-order valence-electron chi connectivity index (χ3n) is 2.46. The van der Waals surface area contributed by atoms with Gasteiger partial charge in [0.05, 0.1) is 5.41 Å². The molecular weight excluding hydrogens is 220 g/mol. The van der Waals surface area contributed by atoms with Crippen LogP contribution in [0.1, 0.15) is 40.5 Å². The van der Waals surface area contributed by atoms with Gasteiger partial charge in [0.1, 0.15) is 12.7 Å². The minimum Gasteiger partial charge on any atom is -0.461 e. The summed E-state index contributed by atoms with van der Waals surface area (Å²) in [6.07, 6.45) is 2.76. The molecule has 1 unspecified atom stereocenters. The lowest BCUT2D eigenvalue weighted by Crippen LogP contribution is -2.28. The summed E-state index contributed by atoms with van der Waals surface area (Å²) in [5, 5.41) is 0. The van der Waals surface area contributed by atoms with Crippen LogP contribution in [0, 0.1) is 5.41 Å². The fraction of sp³-hybridized carbons (Fsp3) is 0.692. The second kappa shape index (κ2) is 5.34. The number of ether oxygens (including phenoxy) is 2. The highest BCUT2D eigenvalue weighted by atomic mass is 16.5.